The Hall–Kier alpha value is -1.92. The predicted molar refractivity (Wildman–Crippen MR) is 81.0 cm³/mol. The summed E-state index contributed by atoms with van der Waals surface area (Å²) >= 11 is 1.47. The van der Waals surface area contributed by atoms with Gasteiger partial charge in [-0.25, -0.2) is 10.9 Å². The average molecular weight is 338 g/mol. The topological polar surface area (TPSA) is 59.9 Å². The zero-order valence-corrected chi connectivity index (χ0v) is 12.8. The molecule has 0 bridgehead atoms. The van der Waals surface area contributed by atoms with E-state index in [1.165, 1.54) is 23.5 Å². The van der Waals surface area contributed by atoms with Gasteiger partial charge in [0.05, 0.1) is 17.7 Å². The van der Waals surface area contributed by atoms with Crippen LogP contribution in [0.25, 0.3) is 10.4 Å². The molecule has 1 fully saturated rings. The Morgan fingerprint density at radius 1 is 1.17 bits per heavy atom. The molecular weight excluding hydrogens is 325 g/mol. The van der Waals surface area contributed by atoms with E-state index in [2.05, 4.69) is 22.5 Å². The first-order chi connectivity index (χ1) is 10.9. The minimum Gasteiger partial charge on any atom is -0.233 e. The van der Waals surface area contributed by atoms with Crippen molar-refractivity contribution in [3.05, 3.63) is 46.3 Å². The van der Waals surface area contributed by atoms with E-state index in [4.69, 9.17) is 5.26 Å². The maximum atomic E-state index is 12.6. The van der Waals surface area contributed by atoms with Gasteiger partial charge in [0.15, 0.2) is 0 Å². The van der Waals surface area contributed by atoms with E-state index in [1.807, 2.05) is 13.0 Å². The lowest BCUT2D eigenvalue weighted by molar-refractivity contribution is -0.137. The van der Waals surface area contributed by atoms with E-state index in [-0.39, 0.29) is 6.04 Å². The molecule has 1 saturated heterocycles. The van der Waals surface area contributed by atoms with Gasteiger partial charge in [0.25, 0.3) is 0 Å². The summed E-state index contributed by atoms with van der Waals surface area (Å²) in [6.45, 7) is 1.91. The Bertz CT molecular complexity index is 746. The summed E-state index contributed by atoms with van der Waals surface area (Å²) in [6, 6.07) is 8.62. The number of halogens is 3. The van der Waals surface area contributed by atoms with Gasteiger partial charge in [-0.3, -0.25) is 0 Å². The fourth-order valence-electron chi connectivity index (χ4n) is 2.46. The largest absolute Gasteiger partial charge is 0.416 e. The van der Waals surface area contributed by atoms with Crippen LogP contribution in [0.4, 0.5) is 13.2 Å². The van der Waals surface area contributed by atoms with E-state index in [0.717, 1.165) is 33.0 Å². The highest BCUT2D eigenvalue weighted by Gasteiger charge is 2.31. The zero-order chi connectivity index (χ0) is 16.6. The molecule has 120 valence electrons. The van der Waals surface area contributed by atoms with E-state index >= 15 is 0 Å². The number of rotatable bonds is 2. The molecule has 1 aromatic heterocycles. The normalized spacial score (nSPS) is 21.3. The van der Waals surface area contributed by atoms with Crippen LogP contribution in [0.1, 0.15) is 22.0 Å². The van der Waals surface area contributed by atoms with Gasteiger partial charge in [0.1, 0.15) is 6.04 Å². The third-order valence-corrected chi connectivity index (χ3v) is 5.01. The Balaban J connectivity index is 1.91. The zero-order valence-electron chi connectivity index (χ0n) is 12.0. The average Bonchev–Trinajstić information content (AvgIpc) is 3.12. The van der Waals surface area contributed by atoms with Crippen LogP contribution in [-0.2, 0) is 6.18 Å². The van der Waals surface area contributed by atoms with Crippen LogP contribution in [0.5, 0.6) is 0 Å². The summed E-state index contributed by atoms with van der Waals surface area (Å²) < 4.78 is 37.9. The summed E-state index contributed by atoms with van der Waals surface area (Å²) in [5.74, 6) is 0. The van der Waals surface area contributed by atoms with Crippen molar-refractivity contribution in [1.82, 2.24) is 16.4 Å². The lowest BCUT2D eigenvalue weighted by Gasteiger charge is -2.09. The van der Waals surface area contributed by atoms with Crippen molar-refractivity contribution in [2.24, 2.45) is 0 Å². The van der Waals surface area contributed by atoms with Crippen LogP contribution in [0.15, 0.2) is 30.3 Å². The fourth-order valence-corrected chi connectivity index (χ4v) is 3.73. The summed E-state index contributed by atoms with van der Waals surface area (Å²) in [4.78, 5) is 1.85. The smallest absolute Gasteiger partial charge is 0.233 e. The molecule has 4 nitrogen and oxygen atoms in total. The maximum absolute atomic E-state index is 12.6. The molecule has 0 radical (unpaired) electrons. The van der Waals surface area contributed by atoms with Gasteiger partial charge >= 0.3 is 6.18 Å². The van der Waals surface area contributed by atoms with Gasteiger partial charge in [-0.2, -0.15) is 24.0 Å². The highest BCUT2D eigenvalue weighted by atomic mass is 32.1. The number of thiophene rings is 1. The van der Waals surface area contributed by atoms with Crippen molar-refractivity contribution in [3.63, 3.8) is 0 Å². The van der Waals surface area contributed by atoms with Crippen molar-refractivity contribution in [3.8, 4) is 16.5 Å². The molecule has 8 heteroatoms. The number of hydrazine groups is 2. The first kappa shape index (κ1) is 16.0. The van der Waals surface area contributed by atoms with Gasteiger partial charge in [0.2, 0.25) is 0 Å². The van der Waals surface area contributed by atoms with Crippen molar-refractivity contribution in [1.29, 1.82) is 5.26 Å². The quantitative estimate of drug-likeness (QED) is 0.786. The molecule has 1 aliphatic rings. The molecule has 0 aliphatic carbocycles. The van der Waals surface area contributed by atoms with Gasteiger partial charge < -0.3 is 0 Å². The summed E-state index contributed by atoms with van der Waals surface area (Å²) in [5.41, 5.74) is 9.55. The van der Waals surface area contributed by atoms with Crippen LogP contribution in [0, 0.1) is 18.3 Å². The van der Waals surface area contributed by atoms with Crippen LogP contribution in [0.2, 0.25) is 0 Å². The van der Waals surface area contributed by atoms with Gasteiger partial charge in [-0.1, -0.05) is 12.1 Å². The predicted octanol–water partition coefficient (Wildman–Crippen LogP) is 3.29. The third kappa shape index (κ3) is 3.09. The van der Waals surface area contributed by atoms with Gasteiger partial charge in [-0.05, 0) is 36.2 Å². The molecule has 0 saturated carbocycles. The number of nitrogens with zero attached hydrogens (tertiary/aromatic N) is 1. The number of benzene rings is 1. The Labute approximate surface area is 134 Å². The van der Waals surface area contributed by atoms with Crippen LogP contribution in [0.3, 0.4) is 0 Å². The molecule has 0 spiro atoms. The van der Waals surface area contributed by atoms with Crippen LogP contribution < -0.4 is 16.4 Å². The molecular formula is C15H13F3N4S. The van der Waals surface area contributed by atoms with Crippen molar-refractivity contribution < 1.29 is 13.2 Å². The first-order valence-electron chi connectivity index (χ1n) is 6.84. The van der Waals surface area contributed by atoms with Crippen molar-refractivity contribution in [2.75, 3.05) is 0 Å². The number of alkyl halides is 3. The second-order valence-corrected chi connectivity index (χ2v) is 6.32. The summed E-state index contributed by atoms with van der Waals surface area (Å²) in [7, 11) is 0. The van der Waals surface area contributed by atoms with Crippen molar-refractivity contribution >= 4 is 11.3 Å². The molecule has 2 aromatic rings. The molecule has 0 amide bonds. The fraction of sp³-hybridized carbons (Fsp3) is 0.267. The second kappa shape index (κ2) is 5.94. The van der Waals surface area contributed by atoms with E-state index in [1.54, 1.807) is 0 Å². The van der Waals surface area contributed by atoms with E-state index < -0.39 is 17.8 Å². The SMILES string of the molecule is Cc1cc(C2NNNC2C#N)sc1-c1ccc(C(F)(F)F)cc1. The van der Waals surface area contributed by atoms with Crippen LogP contribution >= 0.6 is 11.3 Å². The Kier molecular flexibility index (Phi) is 4.12. The number of hydrogen-bond donors (Lipinski definition) is 3. The Morgan fingerprint density at radius 2 is 1.87 bits per heavy atom. The number of nitrogens with one attached hydrogen (secondary N) is 3. The molecule has 1 aliphatic heterocycles. The number of hydrogen-bond acceptors (Lipinski definition) is 5. The standard InChI is InChI=1S/C15H13F3N4S/c1-8-6-12(13-11(7-19)20-22-21-13)23-14(8)9-2-4-10(5-3-9)15(16,17)18/h2-6,11,13,20-22H,1H3. The lowest BCUT2D eigenvalue weighted by Crippen LogP contribution is -2.32. The molecule has 2 atom stereocenters. The Morgan fingerprint density at radius 3 is 2.48 bits per heavy atom. The first-order valence-corrected chi connectivity index (χ1v) is 7.65. The number of aryl methyl sites for hydroxylation is 1. The third-order valence-electron chi connectivity index (χ3n) is 3.65. The minimum atomic E-state index is -4.33. The summed E-state index contributed by atoms with van der Waals surface area (Å²) in [5, 5.41) is 9.10. The monoisotopic (exact) mass is 338 g/mol. The van der Waals surface area contributed by atoms with Crippen LogP contribution in [-0.4, -0.2) is 6.04 Å². The number of nitriles is 1. The molecule has 3 rings (SSSR count). The molecule has 23 heavy (non-hydrogen) atoms. The lowest BCUT2D eigenvalue weighted by atomic mass is 10.1. The molecule has 1 aromatic carbocycles. The van der Waals surface area contributed by atoms with E-state index in [0.29, 0.717) is 0 Å². The minimum absolute atomic E-state index is 0.202. The summed E-state index contributed by atoms with van der Waals surface area (Å²) in [6.07, 6.45) is -4.33. The van der Waals surface area contributed by atoms with E-state index in [9.17, 15) is 13.2 Å². The van der Waals surface area contributed by atoms with Gasteiger partial charge in [-0.15, -0.1) is 11.3 Å². The highest BCUT2D eigenvalue weighted by Crippen LogP contribution is 2.38. The molecule has 2 unspecified atom stereocenters. The molecule has 2 heterocycles. The van der Waals surface area contributed by atoms with Crippen molar-refractivity contribution in [2.45, 2.75) is 25.2 Å². The second-order valence-electron chi connectivity index (χ2n) is 5.23. The maximum Gasteiger partial charge on any atom is 0.416 e. The molecule has 3 N–H and O–H groups in total. The highest BCUT2D eigenvalue weighted by molar-refractivity contribution is 7.15. The van der Waals surface area contributed by atoms with Gasteiger partial charge in [0, 0.05) is 9.75 Å².